The monoisotopic (exact) mass is 340 g/mol. The van der Waals surface area contributed by atoms with Crippen LogP contribution in [0.2, 0.25) is 0 Å². The Labute approximate surface area is 150 Å². The summed E-state index contributed by atoms with van der Waals surface area (Å²) in [5.41, 5.74) is 2.71. The van der Waals surface area contributed by atoms with Gasteiger partial charge >= 0.3 is 0 Å². The fourth-order valence-corrected chi connectivity index (χ4v) is 2.83. The van der Waals surface area contributed by atoms with E-state index in [2.05, 4.69) is 19.1 Å². The van der Waals surface area contributed by atoms with E-state index in [4.69, 9.17) is 9.47 Å². The summed E-state index contributed by atoms with van der Waals surface area (Å²) >= 11 is 0. The molecular formula is C21H26NO3. The molecular weight excluding hydrogens is 314 g/mol. The number of benzene rings is 2. The molecule has 4 nitrogen and oxygen atoms in total. The average molecular weight is 340 g/mol. The largest absolute Gasteiger partial charge is 0.496 e. The highest BCUT2D eigenvalue weighted by Gasteiger charge is 2.18. The van der Waals surface area contributed by atoms with E-state index in [-0.39, 0.29) is 5.91 Å². The molecule has 0 aromatic heterocycles. The summed E-state index contributed by atoms with van der Waals surface area (Å²) in [7, 11) is 3.18. The van der Waals surface area contributed by atoms with Crippen LogP contribution in [-0.2, 0) is 6.42 Å². The van der Waals surface area contributed by atoms with Crippen molar-refractivity contribution in [3.8, 4) is 11.5 Å². The third-order valence-electron chi connectivity index (χ3n) is 4.29. The van der Waals surface area contributed by atoms with Crippen LogP contribution in [0, 0.1) is 13.8 Å². The van der Waals surface area contributed by atoms with Gasteiger partial charge in [-0.25, -0.2) is 0 Å². The molecule has 0 atom stereocenters. The normalized spacial score (nSPS) is 10.4. The second kappa shape index (κ2) is 9.11. The van der Waals surface area contributed by atoms with Crippen LogP contribution in [0.25, 0.3) is 0 Å². The molecule has 0 spiro atoms. The molecule has 2 aromatic rings. The molecule has 2 rings (SSSR count). The van der Waals surface area contributed by atoms with E-state index in [0.717, 1.165) is 18.4 Å². The summed E-state index contributed by atoms with van der Waals surface area (Å²) in [5.74, 6) is 1.24. The number of hydrogen-bond acceptors (Lipinski definition) is 3. The Hall–Kier alpha value is -2.49. The lowest BCUT2D eigenvalue weighted by molar-refractivity contribution is 0.0770. The first-order chi connectivity index (χ1) is 12.1. The highest BCUT2D eigenvalue weighted by molar-refractivity contribution is 5.95. The SMILES string of the molecule is [CH2]CN(CCCc1ccccc1)C(=O)c1cc(OC)c(C)c(OC)c1. The number of rotatable bonds is 8. The molecule has 25 heavy (non-hydrogen) atoms. The summed E-state index contributed by atoms with van der Waals surface area (Å²) < 4.78 is 10.7. The van der Waals surface area contributed by atoms with Crippen molar-refractivity contribution < 1.29 is 14.3 Å². The van der Waals surface area contributed by atoms with Crippen LogP contribution in [0.4, 0.5) is 0 Å². The van der Waals surface area contributed by atoms with Crippen molar-refractivity contribution in [1.29, 1.82) is 0 Å². The number of nitrogens with zero attached hydrogens (tertiary/aromatic N) is 1. The van der Waals surface area contributed by atoms with Crippen LogP contribution < -0.4 is 9.47 Å². The Morgan fingerprint density at radius 2 is 1.68 bits per heavy atom. The van der Waals surface area contributed by atoms with Crippen LogP contribution in [0.1, 0.15) is 27.9 Å². The number of ether oxygens (including phenoxy) is 2. The predicted molar refractivity (Wildman–Crippen MR) is 100 cm³/mol. The summed E-state index contributed by atoms with van der Waals surface area (Å²) in [6.07, 6.45) is 1.83. The number of hydrogen-bond donors (Lipinski definition) is 0. The van der Waals surface area contributed by atoms with Crippen molar-refractivity contribution >= 4 is 5.91 Å². The maximum absolute atomic E-state index is 12.8. The Balaban J connectivity index is 2.08. The molecule has 0 heterocycles. The zero-order valence-corrected chi connectivity index (χ0v) is 15.2. The van der Waals surface area contributed by atoms with Crippen LogP contribution >= 0.6 is 0 Å². The van der Waals surface area contributed by atoms with Gasteiger partial charge in [0, 0.05) is 24.2 Å². The summed E-state index contributed by atoms with van der Waals surface area (Å²) in [6, 6.07) is 13.8. The Kier molecular flexibility index (Phi) is 6.87. The first kappa shape index (κ1) is 18.8. The average Bonchev–Trinajstić information content (AvgIpc) is 2.65. The number of aryl methyl sites for hydroxylation is 1. The summed E-state index contributed by atoms with van der Waals surface area (Å²) in [5, 5.41) is 0. The Morgan fingerprint density at radius 1 is 1.08 bits per heavy atom. The Bertz CT molecular complexity index is 673. The zero-order valence-electron chi connectivity index (χ0n) is 15.2. The first-order valence-corrected chi connectivity index (χ1v) is 8.45. The molecule has 2 aromatic carbocycles. The van der Waals surface area contributed by atoms with Gasteiger partial charge < -0.3 is 14.4 Å². The second-order valence-corrected chi connectivity index (χ2v) is 5.89. The molecule has 4 heteroatoms. The van der Waals surface area contributed by atoms with Gasteiger partial charge in [0.2, 0.25) is 0 Å². The maximum atomic E-state index is 12.8. The number of methoxy groups -OCH3 is 2. The van der Waals surface area contributed by atoms with Crippen molar-refractivity contribution in [3.63, 3.8) is 0 Å². The molecule has 1 radical (unpaired) electrons. The molecule has 0 aliphatic rings. The van der Waals surface area contributed by atoms with Gasteiger partial charge in [0.15, 0.2) is 0 Å². The lowest BCUT2D eigenvalue weighted by Crippen LogP contribution is -2.32. The van der Waals surface area contributed by atoms with Gasteiger partial charge in [-0.15, -0.1) is 0 Å². The first-order valence-electron chi connectivity index (χ1n) is 8.45. The third-order valence-corrected chi connectivity index (χ3v) is 4.29. The number of amides is 1. The van der Waals surface area contributed by atoms with E-state index >= 15 is 0 Å². The Morgan fingerprint density at radius 3 is 2.20 bits per heavy atom. The van der Waals surface area contributed by atoms with E-state index in [1.54, 1.807) is 31.3 Å². The fraction of sp³-hybridized carbons (Fsp3) is 0.333. The molecule has 0 saturated carbocycles. The maximum Gasteiger partial charge on any atom is 0.254 e. The van der Waals surface area contributed by atoms with Gasteiger partial charge in [-0.2, -0.15) is 0 Å². The lowest BCUT2D eigenvalue weighted by Gasteiger charge is -2.22. The quantitative estimate of drug-likeness (QED) is 0.731. The minimum Gasteiger partial charge on any atom is -0.496 e. The van der Waals surface area contributed by atoms with Crippen LogP contribution in [-0.4, -0.2) is 38.1 Å². The fourth-order valence-electron chi connectivity index (χ4n) is 2.83. The lowest BCUT2D eigenvalue weighted by atomic mass is 10.1. The highest BCUT2D eigenvalue weighted by atomic mass is 16.5. The van der Waals surface area contributed by atoms with Gasteiger partial charge in [-0.1, -0.05) is 30.3 Å². The zero-order chi connectivity index (χ0) is 18.2. The minimum atomic E-state index is -0.0559. The molecule has 0 saturated heterocycles. The van der Waals surface area contributed by atoms with Crippen molar-refractivity contribution in [2.75, 3.05) is 27.3 Å². The minimum absolute atomic E-state index is 0.0559. The van der Waals surface area contributed by atoms with E-state index in [0.29, 0.717) is 30.2 Å². The van der Waals surface area contributed by atoms with Crippen molar-refractivity contribution in [1.82, 2.24) is 4.90 Å². The van der Waals surface area contributed by atoms with Crippen molar-refractivity contribution in [2.45, 2.75) is 19.8 Å². The molecule has 0 unspecified atom stereocenters. The second-order valence-electron chi connectivity index (χ2n) is 5.89. The van der Waals surface area contributed by atoms with E-state index in [1.807, 2.05) is 25.1 Å². The molecule has 133 valence electrons. The van der Waals surface area contributed by atoms with E-state index in [1.165, 1.54) is 5.56 Å². The van der Waals surface area contributed by atoms with Gasteiger partial charge in [0.05, 0.1) is 14.2 Å². The van der Waals surface area contributed by atoms with E-state index in [9.17, 15) is 4.79 Å². The number of carbonyl (C=O) groups is 1. The van der Waals surface area contributed by atoms with Crippen LogP contribution in [0.15, 0.2) is 42.5 Å². The molecule has 0 fully saturated rings. The summed E-state index contributed by atoms with van der Waals surface area (Å²) in [4.78, 5) is 14.6. The van der Waals surface area contributed by atoms with Gasteiger partial charge in [0.25, 0.3) is 5.91 Å². The molecule has 0 N–H and O–H groups in total. The van der Waals surface area contributed by atoms with Crippen molar-refractivity contribution in [2.24, 2.45) is 0 Å². The molecule has 1 amide bonds. The summed E-state index contributed by atoms with van der Waals surface area (Å²) in [6.45, 7) is 6.90. The van der Waals surface area contributed by atoms with Gasteiger partial charge in [0.1, 0.15) is 11.5 Å². The topological polar surface area (TPSA) is 38.8 Å². The van der Waals surface area contributed by atoms with Gasteiger partial charge in [-0.3, -0.25) is 4.79 Å². The van der Waals surface area contributed by atoms with Gasteiger partial charge in [-0.05, 0) is 44.4 Å². The molecule has 0 aliphatic heterocycles. The molecule has 0 bridgehead atoms. The van der Waals surface area contributed by atoms with Crippen molar-refractivity contribution in [3.05, 3.63) is 66.1 Å². The number of carbonyl (C=O) groups excluding carboxylic acids is 1. The highest BCUT2D eigenvalue weighted by Crippen LogP contribution is 2.30. The molecule has 0 aliphatic carbocycles. The smallest absolute Gasteiger partial charge is 0.254 e. The van der Waals surface area contributed by atoms with Crippen LogP contribution in [0.3, 0.4) is 0 Å². The standard InChI is InChI=1S/C21H26NO3/c1-5-22(13-9-12-17-10-7-6-8-11-17)21(23)18-14-19(24-3)16(2)20(15-18)25-4/h6-8,10-11,14-15H,1,5,9,12-13H2,2-4H3. The van der Waals surface area contributed by atoms with Crippen LogP contribution in [0.5, 0.6) is 11.5 Å². The van der Waals surface area contributed by atoms with E-state index < -0.39 is 0 Å². The predicted octanol–water partition coefficient (Wildman–Crippen LogP) is 3.92. The third kappa shape index (κ3) is 4.75.